The minimum absolute atomic E-state index is 0.0862. The van der Waals surface area contributed by atoms with Crippen molar-refractivity contribution in [3.8, 4) is 0 Å². The van der Waals surface area contributed by atoms with E-state index in [9.17, 15) is 18.0 Å². The van der Waals surface area contributed by atoms with Gasteiger partial charge in [0.2, 0.25) is 0 Å². The molecule has 0 aromatic heterocycles. The topological polar surface area (TPSA) is 40.5 Å². The molecule has 0 heterocycles. The molecule has 0 aliphatic rings. The van der Waals surface area contributed by atoms with Gasteiger partial charge in [-0.25, -0.2) is 4.79 Å². The van der Waals surface area contributed by atoms with Gasteiger partial charge < -0.3 is 10.0 Å². The Kier molecular flexibility index (Phi) is 4.21. The number of halogens is 3. The monoisotopic (exact) mass is 261 g/mol. The molecule has 1 rings (SSSR count). The molecule has 1 aromatic carbocycles. The highest BCUT2D eigenvalue weighted by Crippen LogP contribution is 2.26. The van der Waals surface area contributed by atoms with Gasteiger partial charge in [0.25, 0.3) is 0 Å². The number of rotatable bonds is 4. The largest absolute Gasteiger partial charge is 0.478 e. The first-order valence-electron chi connectivity index (χ1n) is 5.40. The van der Waals surface area contributed by atoms with E-state index in [-0.39, 0.29) is 17.8 Å². The lowest BCUT2D eigenvalue weighted by molar-refractivity contribution is -0.119. The highest BCUT2D eigenvalue weighted by molar-refractivity contribution is 5.94. The zero-order chi connectivity index (χ0) is 13.9. The summed E-state index contributed by atoms with van der Waals surface area (Å²) in [7, 11) is 0. The van der Waals surface area contributed by atoms with Crippen LogP contribution < -0.4 is 4.90 Å². The van der Waals surface area contributed by atoms with E-state index in [2.05, 4.69) is 0 Å². The summed E-state index contributed by atoms with van der Waals surface area (Å²) in [6.07, 6.45) is -4.36. The van der Waals surface area contributed by atoms with Crippen LogP contribution >= 0.6 is 0 Å². The average Bonchev–Trinajstić information content (AvgIpc) is 2.24. The van der Waals surface area contributed by atoms with Gasteiger partial charge in [0.15, 0.2) is 0 Å². The normalized spacial score (nSPS) is 11.4. The van der Waals surface area contributed by atoms with E-state index in [0.29, 0.717) is 5.56 Å². The molecule has 0 bridgehead atoms. The van der Waals surface area contributed by atoms with Gasteiger partial charge in [-0.2, -0.15) is 13.2 Å². The maximum atomic E-state index is 12.4. The zero-order valence-corrected chi connectivity index (χ0v) is 10.1. The molecule has 0 aliphatic carbocycles. The number of alkyl halides is 3. The molecular weight excluding hydrogens is 247 g/mol. The first-order valence-corrected chi connectivity index (χ1v) is 5.40. The third-order valence-electron chi connectivity index (χ3n) is 2.48. The second kappa shape index (κ2) is 5.29. The lowest BCUT2D eigenvalue weighted by Crippen LogP contribution is -2.35. The Hall–Kier alpha value is -1.72. The predicted octanol–water partition coefficient (Wildman–Crippen LogP) is 3.08. The minimum atomic E-state index is -4.36. The summed E-state index contributed by atoms with van der Waals surface area (Å²) in [6, 6.07) is 4.38. The highest BCUT2D eigenvalue weighted by atomic mass is 19.4. The molecule has 0 fully saturated rings. The fraction of sp³-hybridized carbons (Fsp3) is 0.417. The van der Waals surface area contributed by atoms with E-state index < -0.39 is 18.7 Å². The van der Waals surface area contributed by atoms with Gasteiger partial charge in [0.1, 0.15) is 6.54 Å². The van der Waals surface area contributed by atoms with E-state index in [0.717, 1.165) is 4.90 Å². The Morgan fingerprint density at radius 3 is 2.44 bits per heavy atom. The predicted molar refractivity (Wildman–Crippen MR) is 62.1 cm³/mol. The minimum Gasteiger partial charge on any atom is -0.478 e. The van der Waals surface area contributed by atoms with Crippen LogP contribution in [0.2, 0.25) is 0 Å². The van der Waals surface area contributed by atoms with Crippen molar-refractivity contribution in [2.75, 3.05) is 18.0 Å². The molecule has 0 saturated carbocycles. The molecule has 0 unspecified atom stereocenters. The number of aryl methyl sites for hydroxylation is 1. The van der Waals surface area contributed by atoms with Crippen molar-refractivity contribution >= 4 is 11.7 Å². The van der Waals surface area contributed by atoms with Crippen LogP contribution in [0.15, 0.2) is 18.2 Å². The summed E-state index contributed by atoms with van der Waals surface area (Å²) in [6.45, 7) is 2.17. The van der Waals surface area contributed by atoms with Crippen LogP contribution in [0.1, 0.15) is 22.8 Å². The molecule has 18 heavy (non-hydrogen) atoms. The van der Waals surface area contributed by atoms with Crippen LogP contribution in [0, 0.1) is 6.92 Å². The number of anilines is 1. The second-order valence-corrected chi connectivity index (χ2v) is 3.96. The van der Waals surface area contributed by atoms with Crippen LogP contribution in [-0.2, 0) is 0 Å². The lowest BCUT2D eigenvalue weighted by Gasteiger charge is -2.26. The molecule has 1 N–H and O–H groups in total. The van der Waals surface area contributed by atoms with E-state index in [4.69, 9.17) is 5.11 Å². The Labute approximate surface area is 103 Å². The third-order valence-corrected chi connectivity index (χ3v) is 2.48. The van der Waals surface area contributed by atoms with Gasteiger partial charge in [-0.1, -0.05) is 11.6 Å². The maximum Gasteiger partial charge on any atom is 0.405 e. The standard InChI is InChI=1S/C12H14F3NO2/c1-3-16(7-12(13,14)15)10-5-4-8(2)6-9(10)11(17)18/h4-6H,3,7H2,1-2H3,(H,17,18). The quantitative estimate of drug-likeness (QED) is 0.905. The number of aromatic carboxylic acids is 1. The number of benzene rings is 1. The van der Waals surface area contributed by atoms with E-state index in [1.54, 1.807) is 19.9 Å². The van der Waals surface area contributed by atoms with Crippen molar-refractivity contribution in [2.24, 2.45) is 0 Å². The fourth-order valence-electron chi connectivity index (χ4n) is 1.68. The van der Waals surface area contributed by atoms with Gasteiger partial charge in [0, 0.05) is 6.54 Å². The first-order chi connectivity index (χ1) is 8.24. The number of carboxylic acids is 1. The molecular formula is C12H14F3NO2. The third kappa shape index (κ3) is 3.65. The summed E-state index contributed by atoms with van der Waals surface area (Å²) >= 11 is 0. The van der Waals surface area contributed by atoms with Crippen molar-refractivity contribution in [1.29, 1.82) is 0 Å². The lowest BCUT2D eigenvalue weighted by atomic mass is 10.1. The molecule has 100 valence electrons. The Morgan fingerprint density at radius 1 is 1.39 bits per heavy atom. The van der Waals surface area contributed by atoms with Gasteiger partial charge in [-0.05, 0) is 26.0 Å². The Bertz CT molecular complexity index is 443. The molecule has 3 nitrogen and oxygen atoms in total. The molecule has 0 amide bonds. The van der Waals surface area contributed by atoms with Crippen molar-refractivity contribution in [2.45, 2.75) is 20.0 Å². The van der Waals surface area contributed by atoms with Crippen molar-refractivity contribution in [3.05, 3.63) is 29.3 Å². The van der Waals surface area contributed by atoms with Crippen LogP contribution in [0.25, 0.3) is 0 Å². The average molecular weight is 261 g/mol. The van der Waals surface area contributed by atoms with Gasteiger partial charge in [-0.3, -0.25) is 0 Å². The summed E-state index contributed by atoms with van der Waals surface area (Å²) in [4.78, 5) is 12.1. The molecule has 0 spiro atoms. The van der Waals surface area contributed by atoms with Gasteiger partial charge in [-0.15, -0.1) is 0 Å². The summed E-state index contributed by atoms with van der Waals surface area (Å²) < 4.78 is 37.2. The highest BCUT2D eigenvalue weighted by Gasteiger charge is 2.31. The van der Waals surface area contributed by atoms with Crippen molar-refractivity contribution in [1.82, 2.24) is 0 Å². The van der Waals surface area contributed by atoms with Gasteiger partial charge in [0.05, 0.1) is 11.3 Å². The van der Waals surface area contributed by atoms with E-state index in [1.807, 2.05) is 0 Å². The van der Waals surface area contributed by atoms with Crippen LogP contribution in [0.5, 0.6) is 0 Å². The number of nitrogens with zero attached hydrogens (tertiary/aromatic N) is 1. The van der Waals surface area contributed by atoms with Crippen molar-refractivity contribution in [3.63, 3.8) is 0 Å². The maximum absolute atomic E-state index is 12.4. The number of carbonyl (C=O) groups is 1. The summed E-state index contributed by atoms with van der Waals surface area (Å²) in [5.74, 6) is -1.23. The SMILES string of the molecule is CCN(CC(F)(F)F)c1ccc(C)cc1C(=O)O. The van der Waals surface area contributed by atoms with E-state index >= 15 is 0 Å². The smallest absolute Gasteiger partial charge is 0.405 e. The molecule has 0 saturated heterocycles. The van der Waals surface area contributed by atoms with Crippen molar-refractivity contribution < 1.29 is 23.1 Å². The summed E-state index contributed by atoms with van der Waals surface area (Å²) in [5, 5.41) is 9.02. The molecule has 6 heteroatoms. The van der Waals surface area contributed by atoms with E-state index in [1.165, 1.54) is 12.1 Å². The molecule has 1 aromatic rings. The number of hydrogen-bond donors (Lipinski definition) is 1. The fourth-order valence-corrected chi connectivity index (χ4v) is 1.68. The molecule has 0 aliphatic heterocycles. The van der Waals surface area contributed by atoms with Crippen LogP contribution in [-0.4, -0.2) is 30.3 Å². The number of carboxylic acid groups (broad SMARTS) is 1. The second-order valence-electron chi connectivity index (χ2n) is 3.96. The number of hydrogen-bond acceptors (Lipinski definition) is 2. The van der Waals surface area contributed by atoms with Gasteiger partial charge >= 0.3 is 12.1 Å². The summed E-state index contributed by atoms with van der Waals surface area (Å²) in [5.41, 5.74) is 0.674. The zero-order valence-electron chi connectivity index (χ0n) is 10.1. The van der Waals surface area contributed by atoms with Crippen LogP contribution in [0.3, 0.4) is 0 Å². The Morgan fingerprint density at radius 2 is 2.00 bits per heavy atom. The molecule has 0 atom stereocenters. The molecule has 0 radical (unpaired) electrons. The Balaban J connectivity index is 3.17. The first kappa shape index (κ1) is 14.3. The van der Waals surface area contributed by atoms with Crippen LogP contribution in [0.4, 0.5) is 18.9 Å².